The Morgan fingerprint density at radius 2 is 0.810 bits per heavy atom. The van der Waals surface area contributed by atoms with Crippen molar-refractivity contribution in [1.29, 1.82) is 0 Å². The Bertz CT molecular complexity index is 515. The van der Waals surface area contributed by atoms with Gasteiger partial charge in [-0.15, -0.1) is 0 Å². The predicted octanol–water partition coefficient (Wildman–Crippen LogP) is 4.58. The van der Waals surface area contributed by atoms with Gasteiger partial charge in [0.15, 0.2) is 0 Å². The molecule has 0 atom stereocenters. The van der Waals surface area contributed by atoms with Crippen molar-refractivity contribution in [3.05, 3.63) is 60.7 Å². The maximum absolute atomic E-state index is 2.93. The van der Waals surface area contributed by atoms with E-state index in [0.717, 1.165) is 0 Å². The molecule has 0 radical (unpaired) electrons. The zero-order chi connectivity index (χ0) is 15.7. The topological polar surface area (TPSA) is 0 Å². The summed E-state index contributed by atoms with van der Waals surface area (Å²) in [6.07, 6.45) is 0. The summed E-state index contributed by atoms with van der Waals surface area (Å²) < 4.78 is 3.85. The van der Waals surface area contributed by atoms with E-state index >= 15 is 0 Å². The maximum atomic E-state index is 2.45. The molecular weight excluding hydrogens is 362 g/mol. The van der Waals surface area contributed by atoms with Gasteiger partial charge < -0.3 is 0 Å². The molecular formula is C20H29Sb. The van der Waals surface area contributed by atoms with E-state index in [9.17, 15) is 0 Å². The molecule has 0 N–H and O–H groups in total. The molecule has 0 heterocycles. The van der Waals surface area contributed by atoms with E-state index in [2.05, 4.69) is 102 Å². The summed E-state index contributed by atoms with van der Waals surface area (Å²) >= 11 is -2.93. The third-order valence-corrected chi connectivity index (χ3v) is 24.4. The van der Waals surface area contributed by atoms with Gasteiger partial charge in [0.2, 0.25) is 0 Å². The molecule has 0 bridgehead atoms. The molecule has 0 aliphatic rings. The minimum absolute atomic E-state index is 0.315. The van der Waals surface area contributed by atoms with Crippen LogP contribution in [-0.4, -0.2) is 18.8 Å². The van der Waals surface area contributed by atoms with E-state index in [0.29, 0.717) is 6.72 Å². The zero-order valence-electron chi connectivity index (χ0n) is 14.3. The number of rotatable bonds is 2. The quantitative estimate of drug-likeness (QED) is 0.658. The standard InChI is InChI=1S/2C6H5.2C4H9.Sb.H/c2*1-2-4-6-5-3-1;2*1-4(2)3;;/h2*1-5H;2*1-3H3;;. The minimum atomic E-state index is -2.93. The van der Waals surface area contributed by atoms with Crippen molar-refractivity contribution in [3.8, 4) is 0 Å². The normalized spacial score (nSPS) is 14.0. The molecule has 2 rings (SSSR count). The van der Waals surface area contributed by atoms with E-state index < -0.39 is 18.8 Å². The van der Waals surface area contributed by atoms with Gasteiger partial charge in [-0.05, 0) is 0 Å². The molecule has 0 unspecified atom stereocenters. The zero-order valence-corrected chi connectivity index (χ0v) is 17.1. The van der Waals surface area contributed by atoms with Crippen LogP contribution < -0.4 is 7.02 Å². The first-order valence-electron chi connectivity index (χ1n) is 7.82. The average molecular weight is 391 g/mol. The summed E-state index contributed by atoms with van der Waals surface area (Å²) in [6, 6.07) is 22.6. The SMILES string of the molecule is C[C](C)(C)[SbH]([c]1ccccc1)([c]1ccccc1)[C](C)(C)C. The Kier molecular flexibility index (Phi) is 4.60. The molecule has 0 nitrogen and oxygen atoms in total. The third-order valence-electron chi connectivity index (χ3n) is 4.66. The molecule has 0 aliphatic heterocycles. The summed E-state index contributed by atoms with van der Waals surface area (Å²) in [5.41, 5.74) is 0. The van der Waals surface area contributed by atoms with Crippen LogP contribution in [0.1, 0.15) is 41.5 Å². The first kappa shape index (κ1) is 16.6. The van der Waals surface area contributed by atoms with Crippen LogP contribution in [0, 0.1) is 0 Å². The van der Waals surface area contributed by atoms with E-state index in [1.54, 1.807) is 7.02 Å². The first-order chi connectivity index (χ1) is 9.71. The van der Waals surface area contributed by atoms with Crippen LogP contribution in [0.15, 0.2) is 60.7 Å². The van der Waals surface area contributed by atoms with Crippen LogP contribution in [0.3, 0.4) is 0 Å². The Balaban J connectivity index is 2.87. The average Bonchev–Trinajstić information content (AvgIpc) is 2.38. The van der Waals surface area contributed by atoms with Gasteiger partial charge in [0, 0.05) is 0 Å². The first-order valence-corrected chi connectivity index (χ1v) is 13.5. The summed E-state index contributed by atoms with van der Waals surface area (Å²) in [4.78, 5) is 0. The Morgan fingerprint density at radius 1 is 0.524 bits per heavy atom. The fourth-order valence-corrected chi connectivity index (χ4v) is 25.6. The number of hydrogen-bond donors (Lipinski definition) is 0. The van der Waals surface area contributed by atoms with Crippen molar-refractivity contribution >= 4 is 25.8 Å². The Hall–Kier alpha value is -0.742. The monoisotopic (exact) mass is 390 g/mol. The van der Waals surface area contributed by atoms with Gasteiger partial charge in [0.1, 0.15) is 0 Å². The van der Waals surface area contributed by atoms with Crippen LogP contribution in [0.4, 0.5) is 0 Å². The van der Waals surface area contributed by atoms with Crippen LogP contribution in [0.25, 0.3) is 0 Å². The van der Waals surface area contributed by atoms with Crippen molar-refractivity contribution in [1.82, 2.24) is 0 Å². The molecule has 0 amide bonds. The second kappa shape index (κ2) is 5.80. The van der Waals surface area contributed by atoms with E-state index in [-0.39, 0.29) is 0 Å². The molecule has 114 valence electrons. The molecule has 0 saturated carbocycles. The fraction of sp³-hybridized carbons (Fsp3) is 0.400. The van der Waals surface area contributed by atoms with Gasteiger partial charge in [0.25, 0.3) is 0 Å². The van der Waals surface area contributed by atoms with Gasteiger partial charge in [-0.25, -0.2) is 0 Å². The summed E-state index contributed by atoms with van der Waals surface area (Å²) in [5, 5.41) is 0. The van der Waals surface area contributed by atoms with Crippen molar-refractivity contribution in [3.63, 3.8) is 0 Å². The Labute approximate surface area is 134 Å². The molecule has 2 aromatic rings. The number of benzene rings is 2. The Morgan fingerprint density at radius 3 is 1.05 bits per heavy atom. The summed E-state index contributed by atoms with van der Waals surface area (Å²) in [6.45, 7) is 14.7. The molecule has 0 aromatic heterocycles. The van der Waals surface area contributed by atoms with E-state index in [1.807, 2.05) is 0 Å². The van der Waals surface area contributed by atoms with Crippen molar-refractivity contribution < 1.29 is 0 Å². The van der Waals surface area contributed by atoms with Gasteiger partial charge in [0.05, 0.1) is 0 Å². The van der Waals surface area contributed by atoms with Gasteiger partial charge in [-0.2, -0.15) is 0 Å². The molecule has 0 saturated heterocycles. The molecule has 2 aromatic carbocycles. The second-order valence-corrected chi connectivity index (χ2v) is 24.1. The number of hydrogen-bond acceptors (Lipinski definition) is 0. The molecule has 21 heavy (non-hydrogen) atoms. The van der Waals surface area contributed by atoms with E-state index in [4.69, 9.17) is 0 Å². The summed E-state index contributed by atoms with van der Waals surface area (Å²) in [5.74, 6) is 0. The van der Waals surface area contributed by atoms with E-state index in [1.165, 1.54) is 0 Å². The third kappa shape index (κ3) is 2.80. The van der Waals surface area contributed by atoms with Crippen LogP contribution in [-0.2, 0) is 0 Å². The predicted molar refractivity (Wildman–Crippen MR) is 98.7 cm³/mol. The van der Waals surface area contributed by atoms with Gasteiger partial charge in [-0.3, -0.25) is 0 Å². The van der Waals surface area contributed by atoms with Gasteiger partial charge >= 0.3 is 135 Å². The molecule has 0 fully saturated rings. The summed E-state index contributed by atoms with van der Waals surface area (Å²) in [7, 11) is 0. The van der Waals surface area contributed by atoms with Crippen LogP contribution in [0.5, 0.6) is 0 Å². The molecule has 0 aliphatic carbocycles. The van der Waals surface area contributed by atoms with Crippen molar-refractivity contribution in [2.45, 2.75) is 48.3 Å². The van der Waals surface area contributed by atoms with Crippen LogP contribution >= 0.6 is 0 Å². The van der Waals surface area contributed by atoms with Crippen molar-refractivity contribution in [2.75, 3.05) is 0 Å². The van der Waals surface area contributed by atoms with Crippen LogP contribution in [0.2, 0.25) is 6.72 Å². The van der Waals surface area contributed by atoms with Crippen molar-refractivity contribution in [2.24, 2.45) is 0 Å². The fourth-order valence-electron chi connectivity index (χ4n) is 4.40. The van der Waals surface area contributed by atoms with Gasteiger partial charge in [-0.1, -0.05) is 0 Å². The molecule has 1 heteroatoms. The molecule has 0 spiro atoms. The second-order valence-electron chi connectivity index (χ2n) is 7.98.